The summed E-state index contributed by atoms with van der Waals surface area (Å²) in [6.07, 6.45) is 1.00. The van der Waals surface area contributed by atoms with Crippen LogP contribution in [0.3, 0.4) is 0 Å². The van der Waals surface area contributed by atoms with E-state index in [1.165, 1.54) is 79.9 Å². The van der Waals surface area contributed by atoms with Crippen molar-refractivity contribution in [1.29, 1.82) is 0 Å². The fourth-order valence-electron chi connectivity index (χ4n) is 12.3. The fourth-order valence-corrected chi connectivity index (χ4v) is 12.6. The van der Waals surface area contributed by atoms with Crippen LogP contribution in [0.25, 0.3) is 0 Å². The summed E-state index contributed by atoms with van der Waals surface area (Å²) in [5.74, 6) is -7.72. The molecule has 1 unspecified atom stereocenters. The molecule has 2 aliphatic heterocycles. The normalized spacial score (nSPS) is 26.3. The van der Waals surface area contributed by atoms with Crippen molar-refractivity contribution in [2.75, 3.05) is 75.5 Å². The molecule has 11 amide bonds. The van der Waals surface area contributed by atoms with Gasteiger partial charge in [-0.3, -0.25) is 52.7 Å². The van der Waals surface area contributed by atoms with E-state index in [2.05, 4.69) is 16.0 Å². The third-order valence-electron chi connectivity index (χ3n) is 18.5. The van der Waals surface area contributed by atoms with Crippen LogP contribution < -0.4 is 16.0 Å². The second-order valence-electron chi connectivity index (χ2n) is 26.3. The molecular formula is C63H97ClF3N11O11. The lowest BCUT2D eigenvalue weighted by molar-refractivity contribution is -0.150. The molecule has 0 bridgehead atoms. The van der Waals surface area contributed by atoms with Gasteiger partial charge in [0, 0.05) is 68.3 Å². The molecule has 4 aliphatic rings. The Morgan fingerprint density at radius 1 is 0.663 bits per heavy atom. The Bertz CT molecular complexity index is 2760. The number of alkyl halides is 3. The summed E-state index contributed by atoms with van der Waals surface area (Å²) in [5.41, 5.74) is -2.20. The van der Waals surface area contributed by atoms with Crippen molar-refractivity contribution in [3.05, 3.63) is 34.3 Å². The van der Waals surface area contributed by atoms with Crippen LogP contribution in [-0.2, 0) is 65.3 Å². The number of carbonyl (C=O) groups is 11. The number of hydrogen-bond acceptors (Lipinski definition) is 11. The van der Waals surface area contributed by atoms with Gasteiger partial charge in [-0.15, -0.1) is 0 Å². The Balaban J connectivity index is 1.53. The van der Waals surface area contributed by atoms with E-state index < -0.39 is 161 Å². The standard InChI is InChI=1S/C63H97ClF3N11O11/c1-15-39(6)53-59(87)73(10)35-51(81)71(8)36-52(82)76(13)48(33-41-20-17-16-18-21-41)58(86)72(9)34-49(79)68-45(26-24-42-23-25-43(44(64)32-42)63(65,66)67)57(85)78-29-19-22-46(78)56(84)70-62(27-28-62)61(89)77(14)54(38(4)5)60(88)74(11)40(7)31-50(80)75(12)47(30-37(2)3)55(83)69-53/h23,25,32,37-41,45-48,53-54H,15-22,24,26-31,33-36H2,1-14H3,(H,68,79)(H,69,83)(H,70,84)/t39?,40-,45+,46+,47+,48+,53+,54+/m1/s1. The van der Waals surface area contributed by atoms with Gasteiger partial charge in [-0.2, -0.15) is 13.2 Å². The molecule has 1 spiro atoms. The number of carbonyl (C=O) groups excluding carboxylic acids is 11. The lowest BCUT2D eigenvalue weighted by Crippen LogP contribution is -2.60. The molecule has 0 radical (unpaired) electrons. The maximum Gasteiger partial charge on any atom is 0.417 e. The molecule has 2 saturated carbocycles. The summed E-state index contributed by atoms with van der Waals surface area (Å²) in [5, 5.41) is 7.94. The maximum absolute atomic E-state index is 14.9. The largest absolute Gasteiger partial charge is 0.417 e. The minimum atomic E-state index is -4.74. The number of amides is 11. The first-order valence-corrected chi connectivity index (χ1v) is 31.8. The van der Waals surface area contributed by atoms with E-state index in [1.807, 2.05) is 20.8 Å². The van der Waals surface area contributed by atoms with E-state index in [4.69, 9.17) is 11.6 Å². The minimum Gasteiger partial charge on any atom is -0.343 e. The van der Waals surface area contributed by atoms with Crippen LogP contribution >= 0.6 is 11.6 Å². The van der Waals surface area contributed by atoms with Crippen molar-refractivity contribution >= 4 is 76.6 Å². The molecule has 0 aromatic heterocycles. The third kappa shape index (κ3) is 18.8. The van der Waals surface area contributed by atoms with Gasteiger partial charge in [0.05, 0.1) is 30.2 Å². The van der Waals surface area contributed by atoms with Crippen LogP contribution in [0.2, 0.25) is 5.02 Å². The summed E-state index contributed by atoms with van der Waals surface area (Å²) in [6.45, 7) is 11.0. The molecule has 89 heavy (non-hydrogen) atoms. The van der Waals surface area contributed by atoms with Crippen molar-refractivity contribution < 1.29 is 65.9 Å². The average Bonchev–Trinajstić information content (AvgIpc) is 1.79. The summed E-state index contributed by atoms with van der Waals surface area (Å²) in [7, 11) is 10.1. The van der Waals surface area contributed by atoms with E-state index in [0.29, 0.717) is 18.4 Å². The average molecular weight is 1280 g/mol. The number of aryl methyl sites for hydroxylation is 1. The molecule has 8 atom stereocenters. The molecule has 2 heterocycles. The van der Waals surface area contributed by atoms with Crippen LogP contribution in [0.5, 0.6) is 0 Å². The van der Waals surface area contributed by atoms with Gasteiger partial charge in [0.15, 0.2) is 0 Å². The molecule has 5 rings (SSSR count). The molecule has 22 nitrogen and oxygen atoms in total. The zero-order valence-electron chi connectivity index (χ0n) is 54.6. The predicted molar refractivity (Wildman–Crippen MR) is 328 cm³/mol. The second-order valence-corrected chi connectivity index (χ2v) is 26.7. The summed E-state index contributed by atoms with van der Waals surface area (Å²) >= 11 is 6.09. The summed E-state index contributed by atoms with van der Waals surface area (Å²) in [4.78, 5) is 169. The summed E-state index contributed by atoms with van der Waals surface area (Å²) < 4.78 is 41.2. The van der Waals surface area contributed by atoms with Crippen LogP contribution in [0, 0.1) is 23.7 Å². The van der Waals surface area contributed by atoms with Crippen LogP contribution in [0.4, 0.5) is 13.2 Å². The number of halogens is 4. The molecule has 2 aliphatic carbocycles. The van der Waals surface area contributed by atoms with Gasteiger partial charge in [-0.1, -0.05) is 97.7 Å². The highest BCUT2D eigenvalue weighted by atomic mass is 35.5. The quantitative estimate of drug-likeness (QED) is 0.289. The van der Waals surface area contributed by atoms with Crippen molar-refractivity contribution in [2.24, 2.45) is 23.7 Å². The monoisotopic (exact) mass is 1280 g/mol. The SMILES string of the molecule is CCC(C)[C@@H]1NC(=O)[C@H](CC(C)C)N(C)C(=O)C[C@@H](C)N(C)C(=O)[C@H](C(C)C)N(C)C(=O)C2(CC2)NC(=O)[C@@H]2CCCN2C(=O)[C@H](CCc2ccc(C(F)(F)F)c(Cl)c2)NC(=O)CN(C)C(=O)[C@H](CC2CCCCC2)N(C)C(=O)CN(C)C(=O)CN(C)C1=O. The Kier molecular flexibility index (Phi) is 25.9. The predicted octanol–water partition coefficient (Wildman–Crippen LogP) is 4.73. The maximum atomic E-state index is 14.9. The van der Waals surface area contributed by atoms with Crippen molar-refractivity contribution in [3.63, 3.8) is 0 Å². The van der Waals surface area contributed by atoms with Gasteiger partial charge in [0.2, 0.25) is 65.0 Å². The second kappa shape index (κ2) is 31.5. The van der Waals surface area contributed by atoms with Gasteiger partial charge >= 0.3 is 6.18 Å². The fraction of sp³-hybridized carbons (Fsp3) is 0.730. The zero-order chi connectivity index (χ0) is 66.7. The van der Waals surface area contributed by atoms with Crippen LogP contribution in [-0.4, -0.2) is 228 Å². The highest BCUT2D eigenvalue weighted by Crippen LogP contribution is 2.40. The topological polar surface area (TPSA) is 250 Å². The Morgan fingerprint density at radius 3 is 1.84 bits per heavy atom. The van der Waals surface area contributed by atoms with E-state index in [1.54, 1.807) is 27.7 Å². The van der Waals surface area contributed by atoms with Crippen LogP contribution in [0.15, 0.2) is 18.2 Å². The highest BCUT2D eigenvalue weighted by molar-refractivity contribution is 6.31. The lowest BCUT2D eigenvalue weighted by Gasteiger charge is -2.38. The number of hydrogen-bond donors (Lipinski definition) is 3. The number of rotatable bonds is 10. The molecule has 1 aromatic carbocycles. The molecule has 3 N–H and O–H groups in total. The number of likely N-dealkylation sites (N-methyl/N-ethyl adjacent to an activating group) is 7. The Labute approximate surface area is 528 Å². The van der Waals surface area contributed by atoms with Gasteiger partial charge in [-0.25, -0.2) is 0 Å². The third-order valence-corrected chi connectivity index (χ3v) is 18.8. The van der Waals surface area contributed by atoms with E-state index in [9.17, 15) is 65.9 Å². The van der Waals surface area contributed by atoms with E-state index >= 15 is 0 Å². The molecule has 498 valence electrons. The van der Waals surface area contributed by atoms with Gasteiger partial charge in [-0.05, 0) is 99.7 Å². The van der Waals surface area contributed by atoms with Gasteiger partial charge in [0.1, 0.15) is 41.8 Å². The lowest BCUT2D eigenvalue weighted by atomic mass is 9.84. The van der Waals surface area contributed by atoms with E-state index in [-0.39, 0.29) is 69.7 Å². The van der Waals surface area contributed by atoms with Crippen LogP contribution in [0.1, 0.15) is 149 Å². The first-order valence-electron chi connectivity index (χ1n) is 31.4. The number of nitrogens with zero attached hydrogens (tertiary/aromatic N) is 8. The Morgan fingerprint density at radius 2 is 1.27 bits per heavy atom. The van der Waals surface area contributed by atoms with Crippen molar-refractivity contribution in [1.82, 2.24) is 55.1 Å². The smallest absolute Gasteiger partial charge is 0.343 e. The minimum absolute atomic E-state index is 0.0347. The zero-order valence-corrected chi connectivity index (χ0v) is 55.4. The Hall–Kier alpha value is -6.53. The van der Waals surface area contributed by atoms with E-state index in [0.717, 1.165) is 58.9 Å². The number of nitrogens with one attached hydrogen (secondary N) is 3. The first-order chi connectivity index (χ1) is 41.5. The number of benzene rings is 1. The van der Waals surface area contributed by atoms with Gasteiger partial charge in [0.25, 0.3) is 0 Å². The summed E-state index contributed by atoms with van der Waals surface area (Å²) in [6, 6.07) is -4.50. The first kappa shape index (κ1) is 73.2. The highest BCUT2D eigenvalue weighted by Gasteiger charge is 2.56. The molecule has 1 aromatic rings. The molecular weight excluding hydrogens is 1180 g/mol. The van der Waals surface area contributed by atoms with Crippen molar-refractivity contribution in [2.45, 2.75) is 199 Å². The molecule has 26 heteroatoms. The van der Waals surface area contributed by atoms with Crippen molar-refractivity contribution in [3.8, 4) is 0 Å². The number of fused-ring (bicyclic) bond motifs is 1. The molecule has 2 saturated heterocycles. The molecule has 4 fully saturated rings. The van der Waals surface area contributed by atoms with Gasteiger partial charge < -0.3 is 55.1 Å².